The Morgan fingerprint density at radius 1 is 0.655 bits per heavy atom. The number of nitrogens with one attached hydrogen (secondary N) is 2. The molecule has 0 amide bonds. The van der Waals surface area contributed by atoms with Gasteiger partial charge in [-0.25, -0.2) is 16.8 Å². The molecule has 6 nitrogen and oxygen atoms in total. The van der Waals surface area contributed by atoms with Gasteiger partial charge >= 0.3 is 0 Å². The zero-order valence-electron chi connectivity index (χ0n) is 15.7. The van der Waals surface area contributed by atoms with Crippen molar-refractivity contribution < 1.29 is 16.8 Å². The molecular weight excluding hydrogens is 432 g/mol. The molecule has 0 fully saturated rings. The van der Waals surface area contributed by atoms with Crippen LogP contribution in [0.3, 0.4) is 0 Å². The minimum atomic E-state index is -3.82. The first-order valence-corrected chi connectivity index (χ1v) is 11.9. The van der Waals surface area contributed by atoms with Gasteiger partial charge in [-0.3, -0.25) is 9.44 Å². The lowest BCUT2D eigenvalue weighted by Crippen LogP contribution is -2.14. The number of aryl methyl sites for hydroxylation is 2. The third-order valence-corrected chi connectivity index (χ3v) is 7.22. The molecular formula is C20H19ClN2O4S2. The third-order valence-electron chi connectivity index (χ3n) is 4.13. The summed E-state index contributed by atoms with van der Waals surface area (Å²) in [6, 6.07) is 17.0. The van der Waals surface area contributed by atoms with Gasteiger partial charge in [-0.1, -0.05) is 47.0 Å². The first-order valence-electron chi connectivity index (χ1n) is 8.55. The van der Waals surface area contributed by atoms with Crippen LogP contribution in [0, 0.1) is 13.8 Å². The van der Waals surface area contributed by atoms with E-state index in [0.717, 1.165) is 11.1 Å². The smallest absolute Gasteiger partial charge is 0.261 e. The Bertz CT molecular complexity index is 1240. The molecule has 0 aliphatic carbocycles. The molecule has 0 aliphatic heterocycles. The average molecular weight is 451 g/mol. The second-order valence-corrected chi connectivity index (χ2v) is 10.3. The Morgan fingerprint density at radius 3 is 1.55 bits per heavy atom. The topological polar surface area (TPSA) is 92.3 Å². The second-order valence-electron chi connectivity index (χ2n) is 6.53. The van der Waals surface area contributed by atoms with Crippen molar-refractivity contribution in [2.24, 2.45) is 0 Å². The van der Waals surface area contributed by atoms with E-state index in [1.54, 1.807) is 24.3 Å². The van der Waals surface area contributed by atoms with Crippen LogP contribution in [0.25, 0.3) is 0 Å². The highest BCUT2D eigenvalue weighted by Crippen LogP contribution is 2.29. The van der Waals surface area contributed by atoms with Gasteiger partial charge < -0.3 is 0 Å². The fourth-order valence-electron chi connectivity index (χ4n) is 2.51. The predicted octanol–water partition coefficient (Wildman–Crippen LogP) is 4.56. The van der Waals surface area contributed by atoms with E-state index >= 15 is 0 Å². The molecule has 9 heteroatoms. The van der Waals surface area contributed by atoms with Gasteiger partial charge in [0.15, 0.2) is 0 Å². The Balaban J connectivity index is 1.81. The summed E-state index contributed by atoms with van der Waals surface area (Å²) in [5, 5.41) is 0.0600. The number of rotatable bonds is 6. The maximum absolute atomic E-state index is 12.5. The van der Waals surface area contributed by atoms with Crippen molar-refractivity contribution in [1.29, 1.82) is 0 Å². The van der Waals surface area contributed by atoms with Gasteiger partial charge in [-0.2, -0.15) is 0 Å². The lowest BCUT2D eigenvalue weighted by Gasteiger charge is -2.13. The van der Waals surface area contributed by atoms with Gasteiger partial charge in [0, 0.05) is 0 Å². The zero-order chi connectivity index (χ0) is 21.2. The van der Waals surface area contributed by atoms with Gasteiger partial charge in [0.25, 0.3) is 20.0 Å². The molecule has 0 saturated carbocycles. The molecule has 0 unspecified atom stereocenters. The van der Waals surface area contributed by atoms with E-state index in [0.29, 0.717) is 0 Å². The van der Waals surface area contributed by atoms with Gasteiger partial charge in [0.05, 0.1) is 26.2 Å². The first kappa shape index (κ1) is 21.2. The lowest BCUT2D eigenvalue weighted by molar-refractivity contribution is 0.599. The van der Waals surface area contributed by atoms with Crippen LogP contribution >= 0.6 is 11.6 Å². The summed E-state index contributed by atoms with van der Waals surface area (Å²) in [6.45, 7) is 3.72. The largest absolute Gasteiger partial charge is 0.280 e. The van der Waals surface area contributed by atoms with Crippen LogP contribution in [-0.2, 0) is 20.0 Å². The van der Waals surface area contributed by atoms with Crippen molar-refractivity contribution in [3.63, 3.8) is 0 Å². The van der Waals surface area contributed by atoms with Crippen LogP contribution in [0.4, 0.5) is 11.4 Å². The minimum Gasteiger partial charge on any atom is -0.280 e. The SMILES string of the molecule is Cc1ccc(S(=O)(=O)Nc2ccc(NS(=O)(=O)c3ccc(C)cc3)c(Cl)c2)cc1. The van der Waals surface area contributed by atoms with E-state index in [2.05, 4.69) is 9.44 Å². The highest BCUT2D eigenvalue weighted by atomic mass is 35.5. The minimum absolute atomic E-state index is 0.0600. The fraction of sp³-hybridized carbons (Fsp3) is 0.100. The second kappa shape index (κ2) is 8.06. The van der Waals surface area contributed by atoms with Crippen molar-refractivity contribution >= 4 is 43.0 Å². The van der Waals surface area contributed by atoms with Gasteiger partial charge in [0.2, 0.25) is 0 Å². The van der Waals surface area contributed by atoms with Crippen LogP contribution in [-0.4, -0.2) is 16.8 Å². The van der Waals surface area contributed by atoms with Crippen molar-refractivity contribution in [3.05, 3.63) is 82.9 Å². The summed E-state index contributed by atoms with van der Waals surface area (Å²) >= 11 is 6.18. The Labute approximate surface area is 175 Å². The van der Waals surface area contributed by atoms with E-state index in [1.807, 2.05) is 13.8 Å². The van der Waals surface area contributed by atoms with Crippen molar-refractivity contribution in [2.75, 3.05) is 9.44 Å². The standard InChI is InChI=1S/C20H19ClN2O4S2/c1-14-3-8-17(9-4-14)28(24,25)22-16-7-12-20(19(21)13-16)23-29(26,27)18-10-5-15(2)6-11-18/h3-13,22-23H,1-2H3. The Morgan fingerprint density at radius 2 is 1.10 bits per heavy atom. The number of hydrogen-bond donors (Lipinski definition) is 2. The van der Waals surface area contributed by atoms with Crippen molar-refractivity contribution in [3.8, 4) is 0 Å². The van der Waals surface area contributed by atoms with E-state index in [-0.39, 0.29) is 26.2 Å². The maximum atomic E-state index is 12.5. The van der Waals surface area contributed by atoms with Crippen molar-refractivity contribution in [1.82, 2.24) is 0 Å². The van der Waals surface area contributed by atoms with Crippen LogP contribution in [0.2, 0.25) is 5.02 Å². The molecule has 0 bridgehead atoms. The molecule has 0 aromatic heterocycles. The van der Waals surface area contributed by atoms with E-state index in [1.165, 1.54) is 42.5 Å². The van der Waals surface area contributed by atoms with Crippen molar-refractivity contribution in [2.45, 2.75) is 23.6 Å². The van der Waals surface area contributed by atoms with E-state index in [9.17, 15) is 16.8 Å². The van der Waals surface area contributed by atoms with Crippen LogP contribution in [0.15, 0.2) is 76.5 Å². The maximum Gasteiger partial charge on any atom is 0.261 e. The summed E-state index contributed by atoms with van der Waals surface area (Å²) in [5.74, 6) is 0. The molecule has 3 aromatic carbocycles. The Hall–Kier alpha value is -2.55. The molecule has 0 aliphatic rings. The summed E-state index contributed by atoms with van der Waals surface area (Å²) < 4.78 is 54.8. The normalized spacial score (nSPS) is 11.8. The molecule has 3 aromatic rings. The summed E-state index contributed by atoms with van der Waals surface area (Å²) in [7, 11) is -7.61. The number of hydrogen-bond acceptors (Lipinski definition) is 4. The number of halogens is 1. The van der Waals surface area contributed by atoms with Crippen LogP contribution < -0.4 is 9.44 Å². The quantitative estimate of drug-likeness (QED) is 0.575. The van der Waals surface area contributed by atoms with Gasteiger partial charge in [0.1, 0.15) is 0 Å². The molecule has 2 N–H and O–H groups in total. The number of anilines is 2. The molecule has 29 heavy (non-hydrogen) atoms. The first-order chi connectivity index (χ1) is 13.6. The Kier molecular flexibility index (Phi) is 5.88. The molecule has 0 atom stereocenters. The van der Waals surface area contributed by atoms with Gasteiger partial charge in [-0.05, 0) is 56.3 Å². The average Bonchev–Trinajstić information content (AvgIpc) is 2.64. The third kappa shape index (κ3) is 5.09. The summed E-state index contributed by atoms with van der Waals surface area (Å²) in [6.07, 6.45) is 0. The zero-order valence-corrected chi connectivity index (χ0v) is 18.1. The number of sulfonamides is 2. The molecule has 3 rings (SSSR count). The molecule has 0 spiro atoms. The van der Waals surface area contributed by atoms with Crippen LogP contribution in [0.1, 0.15) is 11.1 Å². The fourth-order valence-corrected chi connectivity index (χ4v) is 4.93. The van der Waals surface area contributed by atoms with Crippen LogP contribution in [0.5, 0.6) is 0 Å². The van der Waals surface area contributed by atoms with E-state index < -0.39 is 20.0 Å². The highest BCUT2D eigenvalue weighted by Gasteiger charge is 2.18. The number of benzene rings is 3. The molecule has 0 heterocycles. The lowest BCUT2D eigenvalue weighted by atomic mass is 10.2. The summed E-state index contributed by atoms with van der Waals surface area (Å²) in [4.78, 5) is 0.215. The molecule has 152 valence electrons. The van der Waals surface area contributed by atoms with E-state index in [4.69, 9.17) is 11.6 Å². The predicted molar refractivity (Wildman–Crippen MR) is 115 cm³/mol. The molecule has 0 saturated heterocycles. The summed E-state index contributed by atoms with van der Waals surface area (Å²) in [5.41, 5.74) is 2.24. The molecule has 0 radical (unpaired) electrons. The monoisotopic (exact) mass is 450 g/mol. The highest BCUT2D eigenvalue weighted by molar-refractivity contribution is 7.93. The van der Waals surface area contributed by atoms with Gasteiger partial charge in [-0.15, -0.1) is 0 Å².